The third-order valence-electron chi connectivity index (χ3n) is 6.54. The summed E-state index contributed by atoms with van der Waals surface area (Å²) in [5.74, 6) is 0.973. The van der Waals surface area contributed by atoms with E-state index in [1.807, 2.05) is 0 Å². The van der Waals surface area contributed by atoms with Crippen LogP contribution in [0, 0.1) is 23.7 Å². The molecule has 0 radical (unpaired) electrons. The Morgan fingerprint density at radius 2 is 1.67 bits per heavy atom. The Kier molecular flexibility index (Phi) is 2.86. The molecule has 114 valence electrons. The molecular formula is C20H29N. The molecule has 0 spiro atoms. The molecular weight excluding hydrogens is 254 g/mol. The van der Waals surface area contributed by atoms with E-state index in [9.17, 15) is 0 Å². The zero-order valence-corrected chi connectivity index (χ0v) is 13.8. The second kappa shape index (κ2) is 4.35. The fourth-order valence-electron chi connectivity index (χ4n) is 6.74. The van der Waals surface area contributed by atoms with Crippen molar-refractivity contribution in [3.8, 4) is 0 Å². The van der Waals surface area contributed by atoms with E-state index in [1.165, 1.54) is 49.7 Å². The van der Waals surface area contributed by atoms with Gasteiger partial charge in [0.15, 0.2) is 0 Å². The Morgan fingerprint density at radius 1 is 1.00 bits per heavy atom. The highest BCUT2D eigenvalue weighted by Gasteiger charge is 2.59. The van der Waals surface area contributed by atoms with Gasteiger partial charge in [-0.1, -0.05) is 38.1 Å². The lowest BCUT2D eigenvalue weighted by atomic mass is 9.43. The molecule has 1 nitrogen and oxygen atoms in total. The van der Waals surface area contributed by atoms with Crippen molar-refractivity contribution in [1.82, 2.24) is 5.32 Å². The van der Waals surface area contributed by atoms with E-state index in [2.05, 4.69) is 50.4 Å². The van der Waals surface area contributed by atoms with Gasteiger partial charge in [0.1, 0.15) is 0 Å². The minimum atomic E-state index is 0.422. The summed E-state index contributed by atoms with van der Waals surface area (Å²) in [4.78, 5) is 0. The predicted molar refractivity (Wildman–Crippen MR) is 88.2 cm³/mol. The van der Waals surface area contributed by atoms with Crippen molar-refractivity contribution >= 4 is 0 Å². The molecule has 0 aliphatic heterocycles. The molecule has 5 rings (SSSR count). The minimum absolute atomic E-state index is 0.422. The van der Waals surface area contributed by atoms with Crippen LogP contribution in [0.25, 0.3) is 0 Å². The first-order valence-corrected chi connectivity index (χ1v) is 8.69. The van der Waals surface area contributed by atoms with Gasteiger partial charge in [-0.25, -0.2) is 0 Å². The Morgan fingerprint density at radius 3 is 2.29 bits per heavy atom. The monoisotopic (exact) mass is 283 g/mol. The molecule has 4 saturated carbocycles. The van der Waals surface area contributed by atoms with Gasteiger partial charge >= 0.3 is 0 Å². The molecule has 1 heteroatoms. The van der Waals surface area contributed by atoms with E-state index in [4.69, 9.17) is 0 Å². The van der Waals surface area contributed by atoms with Crippen LogP contribution in [0.2, 0.25) is 0 Å². The molecule has 2 atom stereocenters. The Balaban J connectivity index is 1.56. The summed E-state index contributed by atoms with van der Waals surface area (Å²) in [5, 5.41) is 4.03. The van der Waals surface area contributed by atoms with Crippen LogP contribution in [0.3, 0.4) is 0 Å². The normalized spacial score (nSPS) is 44.2. The lowest BCUT2D eigenvalue weighted by Gasteiger charge is -2.65. The molecule has 4 fully saturated rings. The van der Waals surface area contributed by atoms with Gasteiger partial charge in [0.25, 0.3) is 0 Å². The maximum Gasteiger partial charge on any atom is 0.0213 e. The average molecular weight is 283 g/mol. The van der Waals surface area contributed by atoms with Crippen LogP contribution in [-0.2, 0) is 6.54 Å². The highest BCUT2D eigenvalue weighted by Crippen LogP contribution is 2.66. The largest absolute Gasteiger partial charge is 0.307 e. The Bertz CT molecular complexity index is 543. The van der Waals surface area contributed by atoms with Crippen LogP contribution in [-0.4, -0.2) is 5.54 Å². The number of hydrogen-bond donors (Lipinski definition) is 1. The Hall–Kier alpha value is -0.820. The maximum absolute atomic E-state index is 4.03. The first-order chi connectivity index (χ1) is 9.90. The molecule has 1 N–H and O–H groups in total. The second-order valence-electron chi connectivity index (χ2n) is 9.19. The topological polar surface area (TPSA) is 12.0 Å². The highest BCUT2D eigenvalue weighted by molar-refractivity contribution is 5.26. The number of rotatable bonds is 3. The minimum Gasteiger partial charge on any atom is -0.307 e. The molecule has 21 heavy (non-hydrogen) atoms. The second-order valence-corrected chi connectivity index (χ2v) is 9.19. The van der Waals surface area contributed by atoms with Gasteiger partial charge in [-0.15, -0.1) is 0 Å². The summed E-state index contributed by atoms with van der Waals surface area (Å²) < 4.78 is 0. The zero-order chi connectivity index (χ0) is 14.7. The van der Waals surface area contributed by atoms with Crippen molar-refractivity contribution in [2.24, 2.45) is 16.7 Å². The van der Waals surface area contributed by atoms with Crippen molar-refractivity contribution in [2.45, 2.75) is 71.4 Å². The van der Waals surface area contributed by atoms with Crippen LogP contribution in [0.4, 0.5) is 0 Å². The first-order valence-electron chi connectivity index (χ1n) is 8.69. The zero-order valence-electron chi connectivity index (χ0n) is 13.8. The third kappa shape index (κ3) is 2.34. The van der Waals surface area contributed by atoms with Crippen molar-refractivity contribution in [1.29, 1.82) is 0 Å². The fourth-order valence-corrected chi connectivity index (χ4v) is 6.74. The predicted octanol–water partition coefficient (Wildman–Crippen LogP) is 4.83. The summed E-state index contributed by atoms with van der Waals surface area (Å²) in [7, 11) is 0. The van der Waals surface area contributed by atoms with Crippen molar-refractivity contribution < 1.29 is 0 Å². The molecule has 1 aromatic rings. The van der Waals surface area contributed by atoms with Gasteiger partial charge < -0.3 is 5.32 Å². The van der Waals surface area contributed by atoms with E-state index in [-0.39, 0.29) is 0 Å². The first kappa shape index (κ1) is 13.8. The molecule has 1 aromatic carbocycles. The molecule has 0 heterocycles. The number of hydrogen-bond acceptors (Lipinski definition) is 1. The summed E-state index contributed by atoms with van der Waals surface area (Å²) in [5.41, 5.74) is 4.53. The quantitative estimate of drug-likeness (QED) is 0.837. The van der Waals surface area contributed by atoms with E-state index in [1.54, 1.807) is 0 Å². The van der Waals surface area contributed by atoms with E-state index >= 15 is 0 Å². The van der Waals surface area contributed by atoms with Gasteiger partial charge in [-0.05, 0) is 73.3 Å². The van der Waals surface area contributed by atoms with E-state index in [0.29, 0.717) is 16.4 Å². The molecule has 0 aromatic heterocycles. The van der Waals surface area contributed by atoms with Crippen LogP contribution in [0.1, 0.15) is 63.5 Å². The summed E-state index contributed by atoms with van der Waals surface area (Å²) in [6, 6.07) is 8.84. The molecule has 0 amide bonds. The van der Waals surface area contributed by atoms with Gasteiger partial charge in [0, 0.05) is 12.1 Å². The summed E-state index contributed by atoms with van der Waals surface area (Å²) in [6.07, 6.45) is 8.65. The third-order valence-corrected chi connectivity index (χ3v) is 6.54. The molecule has 4 aliphatic carbocycles. The Labute approximate surface area is 129 Å². The molecule has 4 aliphatic rings. The number of nitrogens with one attached hydrogen (secondary N) is 1. The maximum atomic E-state index is 4.03. The number of aryl methyl sites for hydroxylation is 1. The highest BCUT2D eigenvalue weighted by atomic mass is 15.0. The van der Waals surface area contributed by atoms with Gasteiger partial charge in [0.2, 0.25) is 0 Å². The number of benzene rings is 1. The molecule has 4 bridgehead atoms. The van der Waals surface area contributed by atoms with Crippen LogP contribution in [0.5, 0.6) is 0 Å². The summed E-state index contributed by atoms with van der Waals surface area (Å²) >= 11 is 0. The molecule has 0 saturated heterocycles. The van der Waals surface area contributed by atoms with Gasteiger partial charge in [0.05, 0.1) is 0 Å². The standard InChI is InChI=1S/C20H29N/c1-15-6-4-5-7-17(15)11-21-20-10-16-8-18(2,13-20)12-19(3,9-16)14-20/h4-7,16,21H,8-14H2,1-3H3. The average Bonchev–Trinajstić information content (AvgIpc) is 2.33. The van der Waals surface area contributed by atoms with Crippen molar-refractivity contribution in [3.05, 3.63) is 35.4 Å². The summed E-state index contributed by atoms with van der Waals surface area (Å²) in [6.45, 7) is 8.39. The smallest absolute Gasteiger partial charge is 0.0213 e. The lowest BCUT2D eigenvalue weighted by Crippen LogP contribution is -2.63. The molecule has 2 unspecified atom stereocenters. The van der Waals surface area contributed by atoms with E-state index < -0.39 is 0 Å². The lowest BCUT2D eigenvalue weighted by molar-refractivity contribution is -0.118. The van der Waals surface area contributed by atoms with Crippen LogP contribution in [0.15, 0.2) is 24.3 Å². The van der Waals surface area contributed by atoms with E-state index in [0.717, 1.165) is 12.5 Å². The van der Waals surface area contributed by atoms with Crippen molar-refractivity contribution in [2.75, 3.05) is 0 Å². The van der Waals surface area contributed by atoms with Crippen molar-refractivity contribution in [3.63, 3.8) is 0 Å². The van der Waals surface area contributed by atoms with Gasteiger partial charge in [-0.2, -0.15) is 0 Å². The fraction of sp³-hybridized carbons (Fsp3) is 0.700. The van der Waals surface area contributed by atoms with Crippen LogP contribution < -0.4 is 5.32 Å². The van der Waals surface area contributed by atoms with Gasteiger partial charge in [-0.3, -0.25) is 0 Å². The van der Waals surface area contributed by atoms with Crippen LogP contribution >= 0.6 is 0 Å². The SMILES string of the molecule is Cc1ccccc1CNC12CC3CC(C)(CC(C)(C3)C1)C2.